The fourth-order valence-electron chi connectivity index (χ4n) is 6.89. The van der Waals surface area contributed by atoms with E-state index in [0.29, 0.717) is 0 Å². The molecule has 0 bridgehead atoms. The molecule has 0 aliphatic rings. The lowest BCUT2D eigenvalue weighted by Gasteiger charge is -2.14. The first-order valence-electron chi connectivity index (χ1n) is 16.9. The number of rotatable bonds is 6. The second-order valence-corrected chi connectivity index (χ2v) is 14.5. The van der Waals surface area contributed by atoms with Crippen molar-refractivity contribution >= 4 is 54.1 Å². The van der Waals surface area contributed by atoms with Crippen molar-refractivity contribution in [2.24, 2.45) is 0 Å². The van der Waals surface area contributed by atoms with Crippen LogP contribution in [0.2, 0.25) is 0 Å². The van der Waals surface area contributed by atoms with Gasteiger partial charge in [0.2, 0.25) is 0 Å². The third-order valence-electron chi connectivity index (χ3n) is 9.28. The van der Waals surface area contributed by atoms with Crippen LogP contribution >= 0.6 is 22.7 Å². The van der Waals surface area contributed by atoms with Gasteiger partial charge in [-0.05, 0) is 59.7 Å². The van der Waals surface area contributed by atoms with Crippen LogP contribution in [-0.2, 0) is 0 Å². The minimum absolute atomic E-state index is 0.898. The Morgan fingerprint density at radius 1 is 0.392 bits per heavy atom. The average Bonchev–Trinajstić information content (AvgIpc) is 3.94. The molecule has 0 unspecified atom stereocenters. The number of imidazole rings is 1. The van der Waals surface area contributed by atoms with Crippen LogP contribution in [0.25, 0.3) is 91.9 Å². The summed E-state index contributed by atoms with van der Waals surface area (Å²) in [7, 11) is 0. The van der Waals surface area contributed by atoms with Crippen LogP contribution in [0.1, 0.15) is 0 Å². The smallest absolute Gasteiger partial charge is 0.145 e. The van der Waals surface area contributed by atoms with Gasteiger partial charge < -0.3 is 0 Å². The minimum atomic E-state index is 0.898. The quantitative estimate of drug-likeness (QED) is 0.175. The lowest BCUT2D eigenvalue weighted by atomic mass is 9.96. The summed E-state index contributed by atoms with van der Waals surface area (Å²) in [5, 5.41) is 2.02. The van der Waals surface area contributed by atoms with Gasteiger partial charge in [0.25, 0.3) is 0 Å². The molecule has 0 aliphatic heterocycles. The van der Waals surface area contributed by atoms with Crippen molar-refractivity contribution in [3.63, 3.8) is 0 Å². The normalized spacial score (nSPS) is 11.5. The van der Waals surface area contributed by atoms with Gasteiger partial charge in [0.15, 0.2) is 0 Å². The zero-order valence-corrected chi connectivity index (χ0v) is 28.9. The molecule has 240 valence electrons. The lowest BCUT2D eigenvalue weighted by Crippen LogP contribution is -1.98. The van der Waals surface area contributed by atoms with Crippen LogP contribution in [0.5, 0.6) is 0 Å². The first-order valence-corrected chi connectivity index (χ1v) is 18.5. The SMILES string of the molecule is c1ccc(-c2nc3c(-c4cccc(-c5nc6ccccc6s5)c4)ccc(-c4cccc(-c5nc6ccccc6s5)c4)c3n2-c2ccccc2)cc1. The van der Waals surface area contributed by atoms with Crippen LogP contribution in [-0.4, -0.2) is 19.5 Å². The molecule has 7 aromatic carbocycles. The summed E-state index contributed by atoms with van der Waals surface area (Å²) in [5.74, 6) is 0.898. The zero-order chi connectivity index (χ0) is 33.7. The summed E-state index contributed by atoms with van der Waals surface area (Å²) in [6.07, 6.45) is 0. The third-order valence-corrected chi connectivity index (χ3v) is 11.5. The molecule has 0 atom stereocenters. The number of para-hydroxylation sites is 3. The maximum atomic E-state index is 5.51. The molecule has 6 heteroatoms. The van der Waals surface area contributed by atoms with Gasteiger partial charge in [-0.1, -0.05) is 121 Å². The Bertz CT molecular complexity index is 2800. The van der Waals surface area contributed by atoms with Gasteiger partial charge in [0.05, 0.1) is 31.5 Å². The summed E-state index contributed by atoms with van der Waals surface area (Å²) in [5.41, 5.74) is 12.8. The third kappa shape index (κ3) is 5.24. The van der Waals surface area contributed by atoms with Crippen molar-refractivity contribution in [3.05, 3.63) is 170 Å². The summed E-state index contributed by atoms with van der Waals surface area (Å²) in [4.78, 5) is 15.5. The fourth-order valence-corrected chi connectivity index (χ4v) is 8.81. The molecule has 0 saturated heterocycles. The Morgan fingerprint density at radius 3 is 1.49 bits per heavy atom. The zero-order valence-electron chi connectivity index (χ0n) is 27.3. The molecule has 3 aromatic heterocycles. The molecule has 0 fully saturated rings. The van der Waals surface area contributed by atoms with Crippen molar-refractivity contribution in [1.82, 2.24) is 19.5 Å². The van der Waals surface area contributed by atoms with Gasteiger partial charge in [-0.25, -0.2) is 15.0 Å². The standard InChI is InChI=1S/C45H28N4S2/c1-3-13-29(14-4-1)43-48-41-35(30-15-11-17-32(27-30)44-46-37-21-7-9-23-39(37)50-44)25-26-36(42(41)49(43)34-19-5-2-6-20-34)31-16-12-18-33(28-31)45-47-38-22-8-10-24-40(38)51-45/h1-28H. The van der Waals surface area contributed by atoms with Crippen molar-refractivity contribution < 1.29 is 0 Å². The lowest BCUT2D eigenvalue weighted by molar-refractivity contribution is 1.10. The highest BCUT2D eigenvalue weighted by Crippen LogP contribution is 2.42. The molecular weight excluding hydrogens is 661 g/mol. The monoisotopic (exact) mass is 688 g/mol. The van der Waals surface area contributed by atoms with E-state index < -0.39 is 0 Å². The highest BCUT2D eigenvalue weighted by atomic mass is 32.1. The van der Waals surface area contributed by atoms with Crippen LogP contribution < -0.4 is 0 Å². The van der Waals surface area contributed by atoms with Gasteiger partial charge in [0.1, 0.15) is 15.8 Å². The van der Waals surface area contributed by atoms with Gasteiger partial charge >= 0.3 is 0 Å². The fraction of sp³-hybridized carbons (Fsp3) is 0. The summed E-state index contributed by atoms with van der Waals surface area (Å²) in [6.45, 7) is 0. The van der Waals surface area contributed by atoms with Gasteiger partial charge in [-0.3, -0.25) is 4.57 Å². The van der Waals surface area contributed by atoms with E-state index in [1.54, 1.807) is 22.7 Å². The topological polar surface area (TPSA) is 43.6 Å². The number of aromatic nitrogens is 4. The van der Waals surface area contributed by atoms with Crippen molar-refractivity contribution in [2.45, 2.75) is 0 Å². The van der Waals surface area contributed by atoms with E-state index >= 15 is 0 Å². The molecule has 10 rings (SSSR count). The van der Waals surface area contributed by atoms with Crippen molar-refractivity contribution in [3.8, 4) is 60.5 Å². The average molecular weight is 689 g/mol. The molecule has 0 saturated carbocycles. The Hall–Kier alpha value is -6.21. The van der Waals surface area contributed by atoms with E-state index in [9.17, 15) is 0 Å². The van der Waals surface area contributed by atoms with E-state index in [4.69, 9.17) is 15.0 Å². The van der Waals surface area contributed by atoms with Gasteiger partial charge in [-0.2, -0.15) is 0 Å². The van der Waals surface area contributed by atoms with E-state index in [1.807, 2.05) is 12.1 Å². The Balaban J connectivity index is 1.22. The summed E-state index contributed by atoms with van der Waals surface area (Å²) < 4.78 is 4.70. The molecule has 51 heavy (non-hydrogen) atoms. The molecule has 0 aliphatic carbocycles. The highest BCUT2D eigenvalue weighted by molar-refractivity contribution is 7.22. The van der Waals surface area contributed by atoms with E-state index in [-0.39, 0.29) is 0 Å². The Morgan fingerprint density at radius 2 is 0.882 bits per heavy atom. The van der Waals surface area contributed by atoms with E-state index in [0.717, 1.165) is 82.5 Å². The highest BCUT2D eigenvalue weighted by Gasteiger charge is 2.22. The minimum Gasteiger partial charge on any atom is -0.292 e. The molecule has 3 heterocycles. The predicted molar refractivity (Wildman–Crippen MR) is 215 cm³/mol. The number of benzene rings is 7. The van der Waals surface area contributed by atoms with Crippen molar-refractivity contribution in [1.29, 1.82) is 0 Å². The Kier molecular flexibility index (Phi) is 7.15. The van der Waals surface area contributed by atoms with Gasteiger partial charge in [0, 0.05) is 33.5 Å². The molecule has 0 spiro atoms. The van der Waals surface area contributed by atoms with Crippen LogP contribution in [0, 0.1) is 0 Å². The van der Waals surface area contributed by atoms with E-state index in [2.05, 4.69) is 162 Å². The second kappa shape index (κ2) is 12.3. The largest absolute Gasteiger partial charge is 0.292 e. The first-order chi connectivity index (χ1) is 25.3. The molecule has 0 amide bonds. The number of fused-ring (bicyclic) bond motifs is 3. The Labute approximate surface area is 302 Å². The van der Waals surface area contributed by atoms with Crippen molar-refractivity contribution in [2.75, 3.05) is 0 Å². The number of thiazole rings is 2. The predicted octanol–water partition coefficient (Wildman–Crippen LogP) is 12.6. The molecular formula is C45H28N4S2. The number of nitrogens with zero attached hydrogens (tertiary/aromatic N) is 4. The first kappa shape index (κ1) is 29.7. The summed E-state index contributed by atoms with van der Waals surface area (Å²) in [6, 6.07) is 59.7. The van der Waals surface area contributed by atoms with Crippen LogP contribution in [0.15, 0.2) is 170 Å². The number of hydrogen-bond donors (Lipinski definition) is 0. The maximum Gasteiger partial charge on any atom is 0.145 e. The summed E-state index contributed by atoms with van der Waals surface area (Å²) >= 11 is 3.45. The van der Waals surface area contributed by atoms with Gasteiger partial charge in [-0.15, -0.1) is 22.7 Å². The second-order valence-electron chi connectivity index (χ2n) is 12.5. The molecule has 0 N–H and O–H groups in total. The molecule has 0 radical (unpaired) electrons. The van der Waals surface area contributed by atoms with Crippen LogP contribution in [0.3, 0.4) is 0 Å². The molecule has 10 aromatic rings. The maximum absolute atomic E-state index is 5.51. The van der Waals surface area contributed by atoms with Crippen LogP contribution in [0.4, 0.5) is 0 Å². The molecule has 4 nitrogen and oxygen atoms in total. The number of hydrogen-bond acceptors (Lipinski definition) is 5. The van der Waals surface area contributed by atoms with E-state index in [1.165, 1.54) is 9.40 Å².